The Morgan fingerprint density at radius 3 is 2.56 bits per heavy atom. The van der Waals surface area contributed by atoms with E-state index in [1.807, 2.05) is 6.92 Å². The molecular formula is C14H25N3O. The molecule has 1 atom stereocenters. The first-order valence-electron chi connectivity index (χ1n) is 6.75. The first-order valence-corrected chi connectivity index (χ1v) is 6.75. The van der Waals surface area contributed by atoms with Gasteiger partial charge in [0.15, 0.2) is 0 Å². The minimum Gasteiger partial charge on any atom is -0.381 e. The molecule has 0 aromatic carbocycles. The average Bonchev–Trinajstić information content (AvgIpc) is 2.35. The summed E-state index contributed by atoms with van der Waals surface area (Å²) in [5, 5.41) is 3.39. The molecule has 0 aliphatic heterocycles. The predicted octanol–water partition coefficient (Wildman–Crippen LogP) is 2.75. The number of hydrogen-bond acceptors (Lipinski definition) is 4. The van der Waals surface area contributed by atoms with E-state index in [1.165, 1.54) is 5.56 Å². The predicted molar refractivity (Wildman–Crippen MR) is 75.1 cm³/mol. The van der Waals surface area contributed by atoms with E-state index in [2.05, 4.69) is 36.1 Å². The Balaban J connectivity index is 2.97. The van der Waals surface area contributed by atoms with E-state index >= 15 is 0 Å². The van der Waals surface area contributed by atoms with E-state index in [4.69, 9.17) is 4.74 Å². The summed E-state index contributed by atoms with van der Waals surface area (Å²) in [6.45, 7) is 9.33. The maximum absolute atomic E-state index is 5.27. The molecule has 1 rings (SSSR count). The highest BCUT2D eigenvalue weighted by molar-refractivity contribution is 5.46. The smallest absolute Gasteiger partial charge is 0.133 e. The van der Waals surface area contributed by atoms with Crippen LogP contribution in [0.3, 0.4) is 0 Å². The third-order valence-corrected chi connectivity index (χ3v) is 3.03. The van der Waals surface area contributed by atoms with Crippen molar-refractivity contribution >= 4 is 5.82 Å². The zero-order valence-corrected chi connectivity index (χ0v) is 12.2. The Hall–Kier alpha value is -1.16. The molecule has 0 spiro atoms. The summed E-state index contributed by atoms with van der Waals surface area (Å²) in [6, 6.07) is 0. The van der Waals surface area contributed by atoms with Crippen molar-refractivity contribution < 1.29 is 4.74 Å². The summed E-state index contributed by atoms with van der Waals surface area (Å²) >= 11 is 0. The molecule has 0 radical (unpaired) electrons. The lowest BCUT2D eigenvalue weighted by Gasteiger charge is -2.15. The van der Waals surface area contributed by atoms with Crippen LogP contribution in [0.4, 0.5) is 5.82 Å². The van der Waals surface area contributed by atoms with Crippen LogP contribution < -0.4 is 5.32 Å². The number of anilines is 1. The van der Waals surface area contributed by atoms with Crippen molar-refractivity contribution in [1.29, 1.82) is 0 Å². The van der Waals surface area contributed by atoms with Gasteiger partial charge in [-0.15, -0.1) is 0 Å². The van der Waals surface area contributed by atoms with Crippen molar-refractivity contribution in [3.8, 4) is 0 Å². The summed E-state index contributed by atoms with van der Waals surface area (Å²) in [7, 11) is 1.72. The van der Waals surface area contributed by atoms with Gasteiger partial charge in [-0.3, -0.25) is 0 Å². The third-order valence-electron chi connectivity index (χ3n) is 3.03. The standard InChI is InChI=1S/C14H25N3O/c1-6-8-15-14-12(7-2)11(4)16-13(17-14)9-10(3)18-5/h10H,6-9H2,1-5H3,(H,15,16,17). The average molecular weight is 251 g/mol. The second-order valence-electron chi connectivity index (χ2n) is 4.58. The molecule has 4 nitrogen and oxygen atoms in total. The van der Waals surface area contributed by atoms with E-state index in [0.29, 0.717) is 0 Å². The number of ether oxygens (including phenoxy) is 1. The molecule has 1 heterocycles. The first-order chi connectivity index (χ1) is 8.62. The number of methoxy groups -OCH3 is 1. The maximum Gasteiger partial charge on any atom is 0.133 e. The fourth-order valence-corrected chi connectivity index (χ4v) is 1.90. The van der Waals surface area contributed by atoms with Gasteiger partial charge in [-0.25, -0.2) is 9.97 Å². The van der Waals surface area contributed by atoms with Gasteiger partial charge in [-0.1, -0.05) is 13.8 Å². The van der Waals surface area contributed by atoms with Crippen LogP contribution in [0.15, 0.2) is 0 Å². The lowest BCUT2D eigenvalue weighted by Crippen LogP contribution is -2.15. The summed E-state index contributed by atoms with van der Waals surface area (Å²) < 4.78 is 5.27. The summed E-state index contributed by atoms with van der Waals surface area (Å²) in [5.74, 6) is 1.85. The molecule has 1 aromatic heterocycles. The molecule has 1 N–H and O–H groups in total. The van der Waals surface area contributed by atoms with E-state index in [9.17, 15) is 0 Å². The molecule has 0 bridgehead atoms. The zero-order valence-electron chi connectivity index (χ0n) is 12.2. The Labute approximate surface area is 110 Å². The van der Waals surface area contributed by atoms with E-state index in [1.54, 1.807) is 7.11 Å². The van der Waals surface area contributed by atoms with Gasteiger partial charge in [0.2, 0.25) is 0 Å². The normalized spacial score (nSPS) is 12.5. The Morgan fingerprint density at radius 2 is 2.00 bits per heavy atom. The van der Waals surface area contributed by atoms with Crippen molar-refractivity contribution in [1.82, 2.24) is 9.97 Å². The summed E-state index contributed by atoms with van der Waals surface area (Å²) in [6.07, 6.45) is 2.95. The molecule has 0 saturated heterocycles. The molecule has 0 aliphatic carbocycles. The molecule has 18 heavy (non-hydrogen) atoms. The minimum atomic E-state index is 0.149. The van der Waals surface area contributed by atoms with Gasteiger partial charge >= 0.3 is 0 Å². The number of nitrogens with zero attached hydrogens (tertiary/aromatic N) is 2. The van der Waals surface area contributed by atoms with Gasteiger partial charge in [0.25, 0.3) is 0 Å². The topological polar surface area (TPSA) is 47.0 Å². The highest BCUT2D eigenvalue weighted by Gasteiger charge is 2.11. The van der Waals surface area contributed by atoms with Gasteiger partial charge < -0.3 is 10.1 Å². The fraction of sp³-hybridized carbons (Fsp3) is 0.714. The Bertz CT molecular complexity index is 380. The van der Waals surface area contributed by atoms with Crippen LogP contribution in [0.2, 0.25) is 0 Å². The van der Waals surface area contributed by atoms with Crippen LogP contribution in [0.5, 0.6) is 0 Å². The molecule has 4 heteroatoms. The highest BCUT2D eigenvalue weighted by atomic mass is 16.5. The number of nitrogens with one attached hydrogen (secondary N) is 1. The number of hydrogen-bond donors (Lipinski definition) is 1. The summed E-state index contributed by atoms with van der Waals surface area (Å²) in [4.78, 5) is 9.20. The molecule has 102 valence electrons. The van der Waals surface area contributed by atoms with Crippen molar-refractivity contribution in [2.45, 2.75) is 53.1 Å². The van der Waals surface area contributed by atoms with Crippen LogP contribution in [-0.2, 0) is 17.6 Å². The highest BCUT2D eigenvalue weighted by Crippen LogP contribution is 2.18. The summed E-state index contributed by atoms with van der Waals surface area (Å²) in [5.41, 5.74) is 2.29. The van der Waals surface area contributed by atoms with E-state index < -0.39 is 0 Å². The SMILES string of the molecule is CCCNc1nc(CC(C)OC)nc(C)c1CC. The lowest BCUT2D eigenvalue weighted by atomic mass is 10.1. The number of aromatic nitrogens is 2. The fourth-order valence-electron chi connectivity index (χ4n) is 1.90. The van der Waals surface area contributed by atoms with E-state index in [-0.39, 0.29) is 6.10 Å². The number of rotatable bonds is 7. The maximum atomic E-state index is 5.27. The van der Waals surface area contributed by atoms with E-state index in [0.717, 1.165) is 43.1 Å². The lowest BCUT2D eigenvalue weighted by molar-refractivity contribution is 0.117. The molecule has 0 aliphatic rings. The molecule has 0 saturated carbocycles. The van der Waals surface area contributed by atoms with Crippen LogP contribution >= 0.6 is 0 Å². The van der Waals surface area contributed by atoms with Crippen molar-refractivity contribution in [3.63, 3.8) is 0 Å². The molecule has 1 aromatic rings. The van der Waals surface area contributed by atoms with Crippen LogP contribution in [0.1, 0.15) is 44.3 Å². The number of aryl methyl sites for hydroxylation is 1. The van der Waals surface area contributed by atoms with Gasteiger partial charge in [-0.2, -0.15) is 0 Å². The molecule has 0 amide bonds. The largest absolute Gasteiger partial charge is 0.381 e. The second-order valence-corrected chi connectivity index (χ2v) is 4.58. The van der Waals surface area contributed by atoms with Gasteiger partial charge in [0, 0.05) is 31.3 Å². The second kappa shape index (κ2) is 7.31. The molecule has 0 fully saturated rings. The third kappa shape index (κ3) is 3.95. The first kappa shape index (κ1) is 14.9. The monoisotopic (exact) mass is 251 g/mol. The van der Waals surface area contributed by atoms with Gasteiger partial charge in [-0.05, 0) is 26.7 Å². The minimum absolute atomic E-state index is 0.149. The molecular weight excluding hydrogens is 226 g/mol. The van der Waals surface area contributed by atoms with Crippen molar-refractivity contribution in [2.24, 2.45) is 0 Å². The zero-order chi connectivity index (χ0) is 13.5. The van der Waals surface area contributed by atoms with Gasteiger partial charge in [0.05, 0.1) is 6.10 Å². The van der Waals surface area contributed by atoms with Crippen LogP contribution in [-0.4, -0.2) is 29.7 Å². The molecule has 1 unspecified atom stereocenters. The Kier molecular flexibility index (Phi) is 6.05. The van der Waals surface area contributed by atoms with Gasteiger partial charge in [0.1, 0.15) is 11.6 Å². The van der Waals surface area contributed by atoms with Crippen LogP contribution in [0.25, 0.3) is 0 Å². The Morgan fingerprint density at radius 1 is 1.28 bits per heavy atom. The van der Waals surface area contributed by atoms with Crippen molar-refractivity contribution in [2.75, 3.05) is 19.0 Å². The van der Waals surface area contributed by atoms with Crippen LogP contribution in [0, 0.1) is 6.92 Å². The van der Waals surface area contributed by atoms with Crippen molar-refractivity contribution in [3.05, 3.63) is 17.1 Å². The quantitative estimate of drug-likeness (QED) is 0.809.